The number of aromatic amines is 1. The molecule has 3 rings (SSSR count). The summed E-state index contributed by atoms with van der Waals surface area (Å²) in [6.07, 6.45) is 0.992. The van der Waals surface area contributed by atoms with Crippen molar-refractivity contribution in [3.8, 4) is 5.69 Å². The van der Waals surface area contributed by atoms with E-state index in [-0.39, 0.29) is 5.56 Å². The van der Waals surface area contributed by atoms with E-state index in [1.54, 1.807) is 24.3 Å². The van der Waals surface area contributed by atoms with Crippen molar-refractivity contribution in [1.29, 1.82) is 0 Å². The minimum Gasteiger partial charge on any atom is -0.358 e. The van der Waals surface area contributed by atoms with Crippen LogP contribution in [0, 0.1) is 0 Å². The average Bonchev–Trinajstić information content (AvgIpc) is 2.55. The van der Waals surface area contributed by atoms with E-state index in [1.165, 1.54) is 4.57 Å². The highest BCUT2D eigenvalue weighted by Crippen LogP contribution is 2.23. The molecule has 0 saturated carbocycles. The SMILES string of the molecule is CCC(C)N1CNc2c(c(=O)[nH]c(=O)n2-c2ccc(Cl)cc2)C1. The first-order valence-corrected chi connectivity index (χ1v) is 8.01. The lowest BCUT2D eigenvalue weighted by Crippen LogP contribution is -2.45. The Bertz CT molecular complexity index is 825. The minimum absolute atomic E-state index is 0.337. The highest BCUT2D eigenvalue weighted by atomic mass is 35.5. The number of aromatic nitrogens is 2. The summed E-state index contributed by atoms with van der Waals surface area (Å²) >= 11 is 5.91. The second-order valence-electron chi connectivity index (χ2n) is 5.74. The Morgan fingerprint density at radius 1 is 1.26 bits per heavy atom. The second kappa shape index (κ2) is 6.22. The van der Waals surface area contributed by atoms with Gasteiger partial charge in [0.1, 0.15) is 5.82 Å². The van der Waals surface area contributed by atoms with Gasteiger partial charge >= 0.3 is 5.69 Å². The molecule has 1 aromatic heterocycles. The predicted octanol–water partition coefficient (Wildman–Crippen LogP) is 2.16. The van der Waals surface area contributed by atoms with Crippen LogP contribution in [0.3, 0.4) is 0 Å². The van der Waals surface area contributed by atoms with E-state index >= 15 is 0 Å². The smallest absolute Gasteiger partial charge is 0.334 e. The summed E-state index contributed by atoms with van der Waals surface area (Å²) in [4.78, 5) is 29.1. The fourth-order valence-corrected chi connectivity index (χ4v) is 2.87. The summed E-state index contributed by atoms with van der Waals surface area (Å²) in [6, 6.07) is 7.30. The first kappa shape index (κ1) is 15.8. The number of hydrogen-bond donors (Lipinski definition) is 2. The molecule has 0 aliphatic carbocycles. The molecule has 0 radical (unpaired) electrons. The number of hydrogen-bond acceptors (Lipinski definition) is 4. The maximum atomic E-state index is 12.3. The Hall–Kier alpha value is -2.05. The number of nitrogens with zero attached hydrogens (tertiary/aromatic N) is 2. The van der Waals surface area contributed by atoms with Crippen LogP contribution in [0.1, 0.15) is 25.8 Å². The third kappa shape index (κ3) is 2.92. The molecule has 0 saturated heterocycles. The Labute approximate surface area is 138 Å². The lowest BCUT2D eigenvalue weighted by molar-refractivity contribution is 0.200. The monoisotopic (exact) mass is 334 g/mol. The first-order valence-electron chi connectivity index (χ1n) is 7.63. The van der Waals surface area contributed by atoms with Crippen molar-refractivity contribution in [3.63, 3.8) is 0 Å². The Morgan fingerprint density at radius 2 is 1.96 bits per heavy atom. The van der Waals surface area contributed by atoms with Gasteiger partial charge in [0, 0.05) is 17.6 Å². The van der Waals surface area contributed by atoms with Crippen LogP contribution in [0.15, 0.2) is 33.9 Å². The minimum atomic E-state index is -0.458. The van der Waals surface area contributed by atoms with Gasteiger partial charge in [-0.3, -0.25) is 14.7 Å². The van der Waals surface area contributed by atoms with Crippen molar-refractivity contribution in [3.05, 3.63) is 55.7 Å². The number of rotatable bonds is 3. The normalized spacial score (nSPS) is 15.8. The summed E-state index contributed by atoms with van der Waals surface area (Å²) in [5.41, 5.74) is 0.443. The van der Waals surface area contributed by atoms with Crippen LogP contribution in [0.4, 0.5) is 5.82 Å². The average molecular weight is 335 g/mol. The lowest BCUT2D eigenvalue weighted by Gasteiger charge is -2.34. The molecule has 0 amide bonds. The zero-order chi connectivity index (χ0) is 16.6. The molecule has 1 unspecified atom stereocenters. The molecular weight excluding hydrogens is 316 g/mol. The van der Waals surface area contributed by atoms with Crippen molar-refractivity contribution < 1.29 is 0 Å². The largest absolute Gasteiger partial charge is 0.358 e. The summed E-state index contributed by atoms with van der Waals surface area (Å²) in [6.45, 7) is 5.34. The molecule has 1 atom stereocenters. The van der Waals surface area contributed by atoms with E-state index in [0.29, 0.717) is 41.3 Å². The van der Waals surface area contributed by atoms with Gasteiger partial charge < -0.3 is 5.32 Å². The van der Waals surface area contributed by atoms with E-state index in [4.69, 9.17) is 11.6 Å². The van der Waals surface area contributed by atoms with Gasteiger partial charge in [0.15, 0.2) is 0 Å². The maximum absolute atomic E-state index is 12.3. The molecule has 1 aliphatic heterocycles. The number of H-pyrrole nitrogens is 1. The lowest BCUT2D eigenvalue weighted by atomic mass is 10.1. The Balaban J connectivity index is 2.12. The zero-order valence-corrected chi connectivity index (χ0v) is 13.9. The molecule has 1 aliphatic rings. The molecule has 2 aromatic rings. The second-order valence-corrected chi connectivity index (χ2v) is 6.17. The molecule has 0 fully saturated rings. The quantitative estimate of drug-likeness (QED) is 0.902. The highest BCUT2D eigenvalue weighted by molar-refractivity contribution is 6.30. The molecule has 23 heavy (non-hydrogen) atoms. The third-order valence-electron chi connectivity index (χ3n) is 4.32. The highest BCUT2D eigenvalue weighted by Gasteiger charge is 2.25. The van der Waals surface area contributed by atoms with Gasteiger partial charge in [0.25, 0.3) is 5.56 Å². The standard InChI is InChI=1S/C16H19ClN4O2/c1-3-10(2)20-8-13-14(18-9-20)21(16(23)19-15(13)22)12-6-4-11(17)5-7-12/h4-7,10,18H,3,8-9H2,1-2H3,(H,19,22,23). The van der Waals surface area contributed by atoms with Crippen molar-refractivity contribution >= 4 is 17.4 Å². The van der Waals surface area contributed by atoms with Crippen LogP contribution in [0.25, 0.3) is 5.69 Å². The van der Waals surface area contributed by atoms with Crippen molar-refractivity contribution in [2.75, 3.05) is 12.0 Å². The summed E-state index contributed by atoms with van der Waals surface area (Å²) < 4.78 is 1.49. The van der Waals surface area contributed by atoms with Crippen molar-refractivity contribution in [1.82, 2.24) is 14.5 Å². The van der Waals surface area contributed by atoms with E-state index in [9.17, 15) is 9.59 Å². The fraction of sp³-hybridized carbons (Fsp3) is 0.375. The molecule has 6 nitrogen and oxygen atoms in total. The summed E-state index contributed by atoms with van der Waals surface area (Å²) in [7, 11) is 0. The van der Waals surface area contributed by atoms with Gasteiger partial charge in [-0.15, -0.1) is 0 Å². The maximum Gasteiger partial charge on any atom is 0.334 e. The number of anilines is 1. The molecule has 0 bridgehead atoms. The van der Waals surface area contributed by atoms with Crippen molar-refractivity contribution in [2.24, 2.45) is 0 Å². The van der Waals surface area contributed by atoms with Gasteiger partial charge in [-0.25, -0.2) is 9.36 Å². The Kier molecular flexibility index (Phi) is 4.28. The fourth-order valence-electron chi connectivity index (χ4n) is 2.75. The molecule has 2 N–H and O–H groups in total. The topological polar surface area (TPSA) is 70.1 Å². The van der Waals surface area contributed by atoms with E-state index in [2.05, 4.69) is 29.0 Å². The molecule has 122 valence electrons. The molecule has 7 heteroatoms. The molecule has 0 spiro atoms. The van der Waals surface area contributed by atoms with Crippen LogP contribution < -0.4 is 16.6 Å². The predicted molar refractivity (Wildman–Crippen MR) is 91.5 cm³/mol. The molecular formula is C16H19ClN4O2. The van der Waals surface area contributed by atoms with Crippen LogP contribution >= 0.6 is 11.6 Å². The number of halogens is 1. The summed E-state index contributed by atoms with van der Waals surface area (Å²) in [5, 5.41) is 3.82. The zero-order valence-electron chi connectivity index (χ0n) is 13.1. The van der Waals surface area contributed by atoms with Gasteiger partial charge in [0.2, 0.25) is 0 Å². The van der Waals surface area contributed by atoms with Gasteiger partial charge in [-0.1, -0.05) is 18.5 Å². The molecule has 1 aromatic carbocycles. The van der Waals surface area contributed by atoms with E-state index in [1.807, 2.05) is 0 Å². The number of nitrogens with one attached hydrogen (secondary N) is 2. The van der Waals surface area contributed by atoms with Gasteiger partial charge in [-0.2, -0.15) is 0 Å². The third-order valence-corrected chi connectivity index (χ3v) is 4.57. The van der Waals surface area contributed by atoms with Gasteiger partial charge in [-0.05, 0) is 37.6 Å². The summed E-state index contributed by atoms with van der Waals surface area (Å²) in [5.74, 6) is 0.556. The number of benzene rings is 1. The van der Waals surface area contributed by atoms with Gasteiger partial charge in [0.05, 0.1) is 17.9 Å². The Morgan fingerprint density at radius 3 is 2.61 bits per heavy atom. The van der Waals surface area contributed by atoms with Crippen LogP contribution in [-0.2, 0) is 6.54 Å². The molecule has 2 heterocycles. The van der Waals surface area contributed by atoms with Crippen LogP contribution in [-0.4, -0.2) is 27.2 Å². The van der Waals surface area contributed by atoms with Crippen molar-refractivity contribution in [2.45, 2.75) is 32.9 Å². The number of fused-ring (bicyclic) bond motifs is 1. The first-order chi connectivity index (χ1) is 11.0. The van der Waals surface area contributed by atoms with E-state index in [0.717, 1.165) is 6.42 Å². The van der Waals surface area contributed by atoms with Crippen LogP contribution in [0.5, 0.6) is 0 Å². The van der Waals surface area contributed by atoms with E-state index < -0.39 is 5.69 Å². The van der Waals surface area contributed by atoms with Crippen LogP contribution in [0.2, 0.25) is 5.02 Å².